The number of aromatic nitrogens is 1. The number of ether oxygens (including phenoxy) is 2. The molecule has 1 aromatic heterocycles. The van der Waals surface area contributed by atoms with Crippen molar-refractivity contribution in [1.29, 1.82) is 0 Å². The summed E-state index contributed by atoms with van der Waals surface area (Å²) in [5, 5.41) is 6.96. The molecule has 19 heavy (non-hydrogen) atoms. The predicted molar refractivity (Wildman–Crippen MR) is 76.6 cm³/mol. The molecule has 100 valence electrons. The summed E-state index contributed by atoms with van der Waals surface area (Å²) in [5.74, 6) is 1.43. The zero-order valence-corrected chi connectivity index (χ0v) is 12.0. The van der Waals surface area contributed by atoms with Crippen LogP contribution in [0.1, 0.15) is 10.7 Å². The summed E-state index contributed by atoms with van der Waals surface area (Å²) in [6.07, 6.45) is 0. The highest BCUT2D eigenvalue weighted by molar-refractivity contribution is 7.09. The molecule has 3 rings (SSSR count). The van der Waals surface area contributed by atoms with Gasteiger partial charge in [-0.25, -0.2) is 4.98 Å². The molecular formula is C13H13ClN2O2S. The SMILES string of the molecule is Cc1csc(CNc2cc3c(cc2Cl)OCCO3)n1. The quantitative estimate of drug-likeness (QED) is 0.941. The zero-order chi connectivity index (χ0) is 13.2. The van der Waals surface area contributed by atoms with E-state index in [9.17, 15) is 0 Å². The molecule has 1 aliphatic heterocycles. The van der Waals surface area contributed by atoms with Crippen LogP contribution in [0.4, 0.5) is 5.69 Å². The molecule has 6 heteroatoms. The fourth-order valence-electron chi connectivity index (χ4n) is 1.85. The first kappa shape index (κ1) is 12.6. The predicted octanol–water partition coefficient (Wildman–Crippen LogP) is 3.49. The van der Waals surface area contributed by atoms with Crippen LogP contribution >= 0.6 is 22.9 Å². The lowest BCUT2D eigenvalue weighted by molar-refractivity contribution is 0.171. The Morgan fingerprint density at radius 3 is 2.74 bits per heavy atom. The van der Waals surface area contributed by atoms with Gasteiger partial charge in [-0.05, 0) is 6.92 Å². The van der Waals surface area contributed by atoms with Crippen molar-refractivity contribution in [3.05, 3.63) is 33.2 Å². The Balaban J connectivity index is 1.77. The molecule has 1 aliphatic rings. The summed E-state index contributed by atoms with van der Waals surface area (Å²) >= 11 is 7.85. The highest BCUT2D eigenvalue weighted by atomic mass is 35.5. The van der Waals surface area contributed by atoms with E-state index in [0.29, 0.717) is 30.5 Å². The van der Waals surface area contributed by atoms with Gasteiger partial charge >= 0.3 is 0 Å². The summed E-state index contributed by atoms with van der Waals surface area (Å²) in [6.45, 7) is 3.77. The molecule has 0 fully saturated rings. The van der Waals surface area contributed by atoms with Crippen molar-refractivity contribution in [1.82, 2.24) is 4.98 Å². The fraction of sp³-hybridized carbons (Fsp3) is 0.308. The second-order valence-electron chi connectivity index (χ2n) is 4.21. The van der Waals surface area contributed by atoms with Gasteiger partial charge in [0.15, 0.2) is 11.5 Å². The van der Waals surface area contributed by atoms with Gasteiger partial charge in [-0.15, -0.1) is 11.3 Å². The maximum atomic E-state index is 6.22. The number of rotatable bonds is 3. The Hall–Kier alpha value is -1.46. The van der Waals surface area contributed by atoms with Gasteiger partial charge in [0.2, 0.25) is 0 Å². The van der Waals surface area contributed by atoms with Crippen LogP contribution in [0.15, 0.2) is 17.5 Å². The number of benzene rings is 1. The minimum atomic E-state index is 0.564. The van der Waals surface area contributed by atoms with Crippen LogP contribution in [-0.2, 0) is 6.54 Å². The Labute approximate surface area is 120 Å². The average molecular weight is 297 g/mol. The second-order valence-corrected chi connectivity index (χ2v) is 5.56. The molecular weight excluding hydrogens is 284 g/mol. The maximum absolute atomic E-state index is 6.22. The minimum absolute atomic E-state index is 0.564. The number of halogens is 1. The number of nitrogens with zero attached hydrogens (tertiary/aromatic N) is 1. The van der Waals surface area contributed by atoms with Crippen molar-refractivity contribution < 1.29 is 9.47 Å². The number of fused-ring (bicyclic) bond motifs is 1. The molecule has 0 saturated heterocycles. The molecule has 0 bridgehead atoms. The third kappa shape index (κ3) is 2.77. The minimum Gasteiger partial charge on any atom is -0.486 e. The fourth-order valence-corrected chi connectivity index (χ4v) is 2.79. The number of hydrogen-bond donors (Lipinski definition) is 1. The Morgan fingerprint density at radius 2 is 2.05 bits per heavy atom. The van der Waals surface area contributed by atoms with E-state index < -0.39 is 0 Å². The standard InChI is InChI=1S/C13H13ClN2O2S/c1-8-7-19-13(16-8)6-15-10-5-12-11(4-9(10)14)17-2-3-18-12/h4-5,7,15H,2-3,6H2,1H3. The Morgan fingerprint density at radius 1 is 1.32 bits per heavy atom. The average Bonchev–Trinajstić information content (AvgIpc) is 2.82. The third-order valence-corrected chi connectivity index (χ3v) is 4.01. The third-order valence-electron chi connectivity index (χ3n) is 2.73. The zero-order valence-electron chi connectivity index (χ0n) is 10.4. The van der Waals surface area contributed by atoms with Crippen molar-refractivity contribution >= 4 is 28.6 Å². The van der Waals surface area contributed by atoms with Gasteiger partial charge in [0.05, 0.1) is 17.3 Å². The molecule has 0 atom stereocenters. The largest absolute Gasteiger partial charge is 0.486 e. The van der Waals surface area contributed by atoms with Gasteiger partial charge in [0, 0.05) is 23.2 Å². The molecule has 0 unspecified atom stereocenters. The Bertz CT molecular complexity index is 600. The van der Waals surface area contributed by atoms with Gasteiger partial charge in [-0.2, -0.15) is 0 Å². The summed E-state index contributed by atoms with van der Waals surface area (Å²) in [4.78, 5) is 4.40. The van der Waals surface area contributed by atoms with Crippen molar-refractivity contribution in [2.75, 3.05) is 18.5 Å². The van der Waals surface area contributed by atoms with E-state index in [4.69, 9.17) is 21.1 Å². The van der Waals surface area contributed by atoms with E-state index >= 15 is 0 Å². The summed E-state index contributed by atoms with van der Waals surface area (Å²) in [6, 6.07) is 3.66. The van der Waals surface area contributed by atoms with Crippen LogP contribution in [0.2, 0.25) is 5.02 Å². The maximum Gasteiger partial charge on any atom is 0.163 e. The second kappa shape index (κ2) is 5.27. The molecule has 0 aliphatic carbocycles. The summed E-state index contributed by atoms with van der Waals surface area (Å²) < 4.78 is 11.0. The van der Waals surface area contributed by atoms with Gasteiger partial charge in [-0.3, -0.25) is 0 Å². The molecule has 0 amide bonds. The van der Waals surface area contributed by atoms with Gasteiger partial charge in [-0.1, -0.05) is 11.6 Å². The summed E-state index contributed by atoms with van der Waals surface area (Å²) in [7, 11) is 0. The lowest BCUT2D eigenvalue weighted by atomic mass is 10.2. The monoisotopic (exact) mass is 296 g/mol. The molecule has 2 heterocycles. The molecule has 0 spiro atoms. The lowest BCUT2D eigenvalue weighted by Gasteiger charge is -2.20. The Kier molecular flexibility index (Phi) is 3.48. The first-order valence-corrected chi connectivity index (χ1v) is 7.22. The van der Waals surface area contributed by atoms with Crippen LogP contribution in [0.5, 0.6) is 11.5 Å². The number of aryl methyl sites for hydroxylation is 1. The van der Waals surface area contributed by atoms with Crippen molar-refractivity contribution in [2.24, 2.45) is 0 Å². The van der Waals surface area contributed by atoms with Crippen LogP contribution in [0, 0.1) is 6.92 Å². The molecule has 2 aromatic rings. The van der Waals surface area contributed by atoms with Crippen LogP contribution in [-0.4, -0.2) is 18.2 Å². The van der Waals surface area contributed by atoms with Crippen molar-refractivity contribution in [3.63, 3.8) is 0 Å². The van der Waals surface area contributed by atoms with Gasteiger partial charge in [0.25, 0.3) is 0 Å². The van der Waals surface area contributed by atoms with Crippen LogP contribution in [0.25, 0.3) is 0 Å². The van der Waals surface area contributed by atoms with E-state index in [-0.39, 0.29) is 0 Å². The van der Waals surface area contributed by atoms with E-state index in [1.165, 1.54) is 0 Å². The molecule has 1 N–H and O–H groups in total. The highest BCUT2D eigenvalue weighted by Crippen LogP contribution is 2.38. The van der Waals surface area contributed by atoms with E-state index in [2.05, 4.69) is 10.3 Å². The van der Waals surface area contributed by atoms with Crippen molar-refractivity contribution in [2.45, 2.75) is 13.5 Å². The number of hydrogen-bond acceptors (Lipinski definition) is 5. The van der Waals surface area contributed by atoms with E-state index in [1.807, 2.05) is 18.4 Å². The number of thiazole rings is 1. The van der Waals surface area contributed by atoms with E-state index in [0.717, 1.165) is 22.1 Å². The summed E-state index contributed by atoms with van der Waals surface area (Å²) in [5.41, 5.74) is 1.87. The highest BCUT2D eigenvalue weighted by Gasteiger charge is 2.15. The van der Waals surface area contributed by atoms with Crippen LogP contribution < -0.4 is 14.8 Å². The van der Waals surface area contributed by atoms with Crippen molar-refractivity contribution in [3.8, 4) is 11.5 Å². The smallest absolute Gasteiger partial charge is 0.163 e. The van der Waals surface area contributed by atoms with Gasteiger partial charge in [0.1, 0.15) is 18.2 Å². The topological polar surface area (TPSA) is 43.4 Å². The molecule has 4 nitrogen and oxygen atoms in total. The normalized spacial score (nSPS) is 13.4. The van der Waals surface area contributed by atoms with Gasteiger partial charge < -0.3 is 14.8 Å². The first-order chi connectivity index (χ1) is 9.22. The first-order valence-electron chi connectivity index (χ1n) is 5.96. The molecule has 0 radical (unpaired) electrons. The number of anilines is 1. The molecule has 1 aromatic carbocycles. The lowest BCUT2D eigenvalue weighted by Crippen LogP contribution is -2.15. The van der Waals surface area contributed by atoms with E-state index in [1.54, 1.807) is 17.4 Å². The molecule has 0 saturated carbocycles. The number of nitrogens with one attached hydrogen (secondary N) is 1. The van der Waals surface area contributed by atoms with Crippen LogP contribution in [0.3, 0.4) is 0 Å².